The van der Waals surface area contributed by atoms with Gasteiger partial charge in [-0.25, -0.2) is 0 Å². The van der Waals surface area contributed by atoms with Crippen LogP contribution in [0.5, 0.6) is 0 Å². The Morgan fingerprint density at radius 2 is 1.85 bits per heavy atom. The van der Waals surface area contributed by atoms with Crippen molar-refractivity contribution in [3.63, 3.8) is 0 Å². The first-order chi connectivity index (χ1) is 13.2. The van der Waals surface area contributed by atoms with E-state index in [1.54, 1.807) is 0 Å². The number of nitrogens with zero attached hydrogens (tertiary/aromatic N) is 1. The Bertz CT molecular complexity index is 745. The van der Waals surface area contributed by atoms with E-state index in [4.69, 9.17) is 21.3 Å². The van der Waals surface area contributed by atoms with Gasteiger partial charge in [-0.05, 0) is 62.4 Å². The first-order valence-electron chi connectivity index (χ1n) is 10.2. The number of hydrogen-bond acceptors (Lipinski definition) is 3. The van der Waals surface area contributed by atoms with Gasteiger partial charge in [0.2, 0.25) is 0 Å². The van der Waals surface area contributed by atoms with Crippen LogP contribution in [-0.2, 0) is 16.7 Å². The SMILES string of the molecule is Clc1ccccc1CNCC[C@@]1(c2ccccn2)CCOC2(CCCC2)C1. The Labute approximate surface area is 167 Å². The summed E-state index contributed by atoms with van der Waals surface area (Å²) in [5, 5.41) is 4.44. The fourth-order valence-electron chi connectivity index (χ4n) is 4.99. The van der Waals surface area contributed by atoms with Crippen LogP contribution in [0.1, 0.15) is 56.2 Å². The van der Waals surface area contributed by atoms with Crippen LogP contribution in [0.4, 0.5) is 0 Å². The van der Waals surface area contributed by atoms with E-state index in [9.17, 15) is 0 Å². The Hall–Kier alpha value is -1.42. The molecule has 2 aliphatic rings. The third-order valence-corrected chi connectivity index (χ3v) is 6.79. The first kappa shape index (κ1) is 18.9. The van der Waals surface area contributed by atoms with Gasteiger partial charge in [0.25, 0.3) is 0 Å². The summed E-state index contributed by atoms with van der Waals surface area (Å²) < 4.78 is 6.33. The summed E-state index contributed by atoms with van der Waals surface area (Å²) in [6.07, 6.45) is 10.2. The maximum Gasteiger partial charge on any atom is 0.0691 e. The Kier molecular flexibility index (Phi) is 5.82. The van der Waals surface area contributed by atoms with Crippen LogP contribution < -0.4 is 5.32 Å². The topological polar surface area (TPSA) is 34.2 Å². The van der Waals surface area contributed by atoms with Crippen LogP contribution in [0.2, 0.25) is 5.02 Å². The van der Waals surface area contributed by atoms with Gasteiger partial charge in [0.1, 0.15) is 0 Å². The largest absolute Gasteiger partial charge is 0.375 e. The highest BCUT2D eigenvalue weighted by atomic mass is 35.5. The van der Waals surface area contributed by atoms with Crippen LogP contribution in [0.15, 0.2) is 48.7 Å². The van der Waals surface area contributed by atoms with Crippen molar-refractivity contribution in [1.82, 2.24) is 10.3 Å². The van der Waals surface area contributed by atoms with Crippen LogP contribution >= 0.6 is 11.6 Å². The van der Waals surface area contributed by atoms with Gasteiger partial charge in [0.15, 0.2) is 0 Å². The molecule has 1 atom stereocenters. The summed E-state index contributed by atoms with van der Waals surface area (Å²) >= 11 is 6.29. The number of aromatic nitrogens is 1. The average molecular weight is 385 g/mol. The molecule has 1 saturated heterocycles. The Morgan fingerprint density at radius 1 is 1.04 bits per heavy atom. The molecule has 2 heterocycles. The van der Waals surface area contributed by atoms with Crippen molar-refractivity contribution >= 4 is 11.6 Å². The van der Waals surface area contributed by atoms with Crippen molar-refractivity contribution in [1.29, 1.82) is 0 Å². The number of rotatable bonds is 6. The van der Waals surface area contributed by atoms with Gasteiger partial charge in [-0.1, -0.05) is 48.7 Å². The zero-order chi connectivity index (χ0) is 18.6. The zero-order valence-corrected chi connectivity index (χ0v) is 16.7. The second-order valence-corrected chi connectivity index (χ2v) is 8.59. The van der Waals surface area contributed by atoms with Gasteiger partial charge in [0.05, 0.1) is 5.60 Å². The minimum Gasteiger partial charge on any atom is -0.375 e. The Balaban J connectivity index is 1.46. The molecule has 4 rings (SSSR count). The highest BCUT2D eigenvalue weighted by molar-refractivity contribution is 6.31. The second kappa shape index (κ2) is 8.30. The molecule has 1 aromatic heterocycles. The van der Waals surface area contributed by atoms with Gasteiger partial charge >= 0.3 is 0 Å². The molecule has 2 aromatic rings. The van der Waals surface area contributed by atoms with Gasteiger partial charge in [-0.15, -0.1) is 0 Å². The Morgan fingerprint density at radius 3 is 2.63 bits per heavy atom. The summed E-state index contributed by atoms with van der Waals surface area (Å²) in [7, 11) is 0. The molecule has 1 N–H and O–H groups in total. The van der Waals surface area contributed by atoms with E-state index in [0.29, 0.717) is 0 Å². The molecule has 1 spiro atoms. The number of ether oxygens (including phenoxy) is 1. The van der Waals surface area contributed by atoms with Crippen LogP contribution in [0, 0.1) is 0 Å². The van der Waals surface area contributed by atoms with E-state index in [2.05, 4.69) is 23.5 Å². The summed E-state index contributed by atoms with van der Waals surface area (Å²) in [4.78, 5) is 4.78. The molecule has 0 radical (unpaired) electrons. The molecule has 1 aliphatic heterocycles. The zero-order valence-electron chi connectivity index (χ0n) is 15.9. The average Bonchev–Trinajstić information content (AvgIpc) is 3.14. The molecule has 0 amide bonds. The van der Waals surface area contributed by atoms with Crippen LogP contribution in [0.25, 0.3) is 0 Å². The fourth-order valence-corrected chi connectivity index (χ4v) is 5.19. The number of benzene rings is 1. The van der Waals surface area contributed by atoms with Gasteiger partial charge in [-0.2, -0.15) is 0 Å². The molecule has 144 valence electrons. The lowest BCUT2D eigenvalue weighted by Crippen LogP contribution is -2.47. The van der Waals surface area contributed by atoms with Crippen molar-refractivity contribution in [2.45, 2.75) is 62.5 Å². The minimum absolute atomic E-state index is 0.0819. The van der Waals surface area contributed by atoms with Gasteiger partial charge < -0.3 is 10.1 Å². The summed E-state index contributed by atoms with van der Waals surface area (Å²) in [6.45, 7) is 2.61. The van der Waals surface area contributed by atoms with E-state index in [-0.39, 0.29) is 11.0 Å². The van der Waals surface area contributed by atoms with E-state index >= 15 is 0 Å². The van der Waals surface area contributed by atoms with Crippen LogP contribution in [-0.4, -0.2) is 23.7 Å². The van der Waals surface area contributed by atoms with Gasteiger partial charge in [-0.3, -0.25) is 4.98 Å². The fraction of sp³-hybridized carbons (Fsp3) is 0.522. The van der Waals surface area contributed by atoms with Crippen molar-refractivity contribution in [3.05, 3.63) is 64.9 Å². The predicted molar refractivity (Wildman–Crippen MR) is 110 cm³/mol. The number of pyridine rings is 1. The number of nitrogens with one attached hydrogen (secondary N) is 1. The lowest BCUT2D eigenvalue weighted by Gasteiger charge is -2.46. The van der Waals surface area contributed by atoms with E-state index < -0.39 is 0 Å². The molecule has 4 heteroatoms. The van der Waals surface area contributed by atoms with Crippen LogP contribution in [0.3, 0.4) is 0 Å². The monoisotopic (exact) mass is 384 g/mol. The smallest absolute Gasteiger partial charge is 0.0691 e. The molecule has 3 nitrogen and oxygen atoms in total. The molecular weight excluding hydrogens is 356 g/mol. The molecule has 2 fully saturated rings. The molecule has 1 aliphatic carbocycles. The highest BCUT2D eigenvalue weighted by Gasteiger charge is 2.48. The molecule has 0 bridgehead atoms. The summed E-state index contributed by atoms with van der Waals surface area (Å²) in [5.74, 6) is 0. The normalized spacial score (nSPS) is 24.3. The molecule has 1 saturated carbocycles. The third-order valence-electron chi connectivity index (χ3n) is 6.43. The van der Waals surface area contributed by atoms with Crippen molar-refractivity contribution in [2.24, 2.45) is 0 Å². The number of halogens is 1. The quantitative estimate of drug-likeness (QED) is 0.688. The van der Waals surface area contributed by atoms with Gasteiger partial charge in [0, 0.05) is 35.5 Å². The van der Waals surface area contributed by atoms with E-state index in [0.717, 1.165) is 49.5 Å². The van der Waals surface area contributed by atoms with Crippen molar-refractivity contribution in [2.75, 3.05) is 13.2 Å². The maximum atomic E-state index is 6.33. The number of hydrogen-bond donors (Lipinski definition) is 1. The second-order valence-electron chi connectivity index (χ2n) is 8.18. The first-order valence-corrected chi connectivity index (χ1v) is 10.6. The third kappa shape index (κ3) is 4.21. The summed E-state index contributed by atoms with van der Waals surface area (Å²) in [5.41, 5.74) is 2.58. The highest BCUT2D eigenvalue weighted by Crippen LogP contribution is 2.49. The lowest BCUT2D eigenvalue weighted by molar-refractivity contribution is -0.104. The van der Waals surface area contributed by atoms with Crippen molar-refractivity contribution in [3.8, 4) is 0 Å². The van der Waals surface area contributed by atoms with Crippen molar-refractivity contribution < 1.29 is 4.74 Å². The van der Waals surface area contributed by atoms with E-state index in [1.807, 2.05) is 30.5 Å². The maximum absolute atomic E-state index is 6.33. The standard InChI is InChI=1S/C23H29ClN2O/c24-20-8-2-1-7-19(20)17-25-15-12-22(21-9-3-6-14-26-21)13-16-27-23(18-22)10-4-5-11-23/h1-3,6-9,14,25H,4-5,10-13,15-18H2/t22-/m1/s1. The molecule has 1 aromatic carbocycles. The van der Waals surface area contributed by atoms with E-state index in [1.165, 1.54) is 31.4 Å². The molecule has 27 heavy (non-hydrogen) atoms. The lowest BCUT2D eigenvalue weighted by atomic mass is 9.68. The predicted octanol–water partition coefficient (Wildman–Crippen LogP) is 5.28. The minimum atomic E-state index is 0.0819. The summed E-state index contributed by atoms with van der Waals surface area (Å²) in [6, 6.07) is 14.4. The molecular formula is C23H29ClN2O. The molecule has 0 unspecified atom stereocenters.